The third-order valence-electron chi connectivity index (χ3n) is 21.8. The van der Waals surface area contributed by atoms with Gasteiger partial charge in [0.05, 0.1) is 38.6 Å². The Labute approximate surface area is 542 Å². The highest BCUT2D eigenvalue weighted by molar-refractivity contribution is 6.02. The van der Waals surface area contributed by atoms with Crippen LogP contribution in [0.1, 0.15) is 182 Å². The van der Waals surface area contributed by atoms with Crippen molar-refractivity contribution in [2.75, 3.05) is 39.6 Å². The third-order valence-corrected chi connectivity index (χ3v) is 21.8. The van der Waals surface area contributed by atoms with E-state index in [0.717, 1.165) is 11.1 Å². The second kappa shape index (κ2) is 31.7. The Morgan fingerprint density at radius 3 is 1.16 bits per heavy atom. The largest absolute Gasteiger partial charge is 0.457 e. The lowest BCUT2D eigenvalue weighted by molar-refractivity contribution is -0.757. The molecule has 0 heterocycles. The van der Waals surface area contributed by atoms with E-state index >= 15 is 0 Å². The van der Waals surface area contributed by atoms with Crippen LogP contribution < -0.4 is 0 Å². The number of aliphatic hydroxyl groups is 2. The molecule has 6 fully saturated rings. The number of ether oxygens (including phenoxy) is 4. The molecule has 8 aliphatic rings. The van der Waals surface area contributed by atoms with Crippen molar-refractivity contribution in [2.24, 2.45) is 57.2 Å². The highest BCUT2D eigenvalue weighted by Crippen LogP contribution is 2.70. The van der Waals surface area contributed by atoms with Crippen LogP contribution in [0.4, 0.5) is 0 Å². The molecule has 14 atom stereocenters. The average Bonchev–Trinajstić information content (AvgIpc) is 1.43. The minimum absolute atomic E-state index is 0.00509. The summed E-state index contributed by atoms with van der Waals surface area (Å²) in [5.74, 6) is -4.62. The van der Waals surface area contributed by atoms with Crippen LogP contribution in [0.25, 0.3) is 0 Å². The molecule has 0 saturated heterocycles. The topological polar surface area (TPSA) is 423 Å². The van der Waals surface area contributed by atoms with Gasteiger partial charge in [-0.15, -0.1) is 40.5 Å². The Bertz CT molecular complexity index is 3020. The maximum atomic E-state index is 14.2. The molecule has 6 saturated carbocycles. The van der Waals surface area contributed by atoms with Gasteiger partial charge in [0.2, 0.25) is 11.6 Å². The lowest BCUT2D eigenvalue weighted by Gasteiger charge is -2.59. The molecule has 30 nitrogen and oxygen atoms in total. The Morgan fingerprint density at radius 2 is 0.809 bits per heavy atom. The van der Waals surface area contributed by atoms with E-state index < -0.39 is 114 Å². The smallest absolute Gasteiger partial charge is 0.306 e. The molecule has 0 radical (unpaired) electrons. The van der Waals surface area contributed by atoms with E-state index in [4.69, 9.17) is 18.9 Å². The molecule has 2 N–H and O–H groups in total. The number of hydrogen-bond donors (Lipinski definition) is 2. The van der Waals surface area contributed by atoms with Gasteiger partial charge in [-0.2, -0.15) is 0 Å². The van der Waals surface area contributed by atoms with Crippen LogP contribution in [0, 0.1) is 97.6 Å². The molecule has 0 aromatic rings. The minimum Gasteiger partial charge on any atom is -0.457 e. The van der Waals surface area contributed by atoms with Crippen LogP contribution >= 0.6 is 0 Å². The molecule has 8 aliphatic carbocycles. The van der Waals surface area contributed by atoms with Gasteiger partial charge in [0, 0.05) is 59.2 Å². The van der Waals surface area contributed by atoms with Crippen molar-refractivity contribution in [3.8, 4) is 0 Å². The summed E-state index contributed by atoms with van der Waals surface area (Å²) in [5, 5.41) is 61.3. The predicted octanol–water partition coefficient (Wildman–Crippen LogP) is 7.61. The van der Waals surface area contributed by atoms with E-state index in [1.54, 1.807) is 18.2 Å². The van der Waals surface area contributed by atoms with Gasteiger partial charge in [0.25, 0.3) is 20.3 Å². The number of unbranched alkanes of at least 4 members (excludes halogenated alkanes) is 6. The quantitative estimate of drug-likeness (QED) is 0.0206. The summed E-state index contributed by atoms with van der Waals surface area (Å²) in [5.41, 5.74) is -4.36. The van der Waals surface area contributed by atoms with Crippen molar-refractivity contribution in [3.05, 3.63) is 88.1 Å². The zero-order valence-electron chi connectivity index (χ0n) is 53.8. The van der Waals surface area contributed by atoms with Crippen LogP contribution in [0.5, 0.6) is 0 Å². The standard InChI is InChI=1S/C33H46N2O13.C31H42N2O13/c1-31-15-13-23(36)19-22(31)11-12-24-25-14-16-33(32(25,2)20-26(37)30(24)31,48-29(40)10-6-4-8-18-47-35(43)44)27(38)21-45-28(39)9-5-3-7-17-46-34(41)42;1-29-13-11-21(34)17-20(29)9-10-22-23-12-14-31(30(23,2)18-24(35)28(22)29,46-27(38)7-4-3-5-15-44-32(39)40)25(36)19-43-26(37)8-6-16-45-33(41)42/h13,15,19,24-26,30,37H,3-12,14,16-18,20-21H2,1-2H3;11,13,17,22-24,28,35H,3-10,12,14-16,18-19H2,1-2H3/t24?,25?,26-,30+,31-,32-,33-;22?,23?,24-,28+,29-,30-,31-/m00/s1. The maximum absolute atomic E-state index is 14.2. The fourth-order valence-corrected chi connectivity index (χ4v) is 17.6. The lowest BCUT2D eigenvalue weighted by atomic mass is 9.46. The number of fused-ring (bicyclic) bond motifs is 10. The molecule has 520 valence electrons. The van der Waals surface area contributed by atoms with Crippen LogP contribution in [0.15, 0.2) is 47.6 Å². The van der Waals surface area contributed by atoms with Crippen LogP contribution in [0.2, 0.25) is 0 Å². The Morgan fingerprint density at radius 1 is 0.479 bits per heavy atom. The van der Waals surface area contributed by atoms with Gasteiger partial charge in [-0.3, -0.25) is 38.4 Å². The van der Waals surface area contributed by atoms with Crippen LogP contribution in [-0.4, -0.2) is 141 Å². The molecule has 0 aliphatic heterocycles. The number of nitrogens with zero attached hydrogens (tertiary/aromatic N) is 4. The van der Waals surface area contributed by atoms with E-state index in [1.807, 2.05) is 39.8 Å². The van der Waals surface area contributed by atoms with E-state index in [2.05, 4.69) is 19.4 Å². The minimum atomic E-state index is -1.68. The number of carbonyl (C=O) groups excluding carboxylic acids is 8. The van der Waals surface area contributed by atoms with Gasteiger partial charge in [-0.05, 0) is 157 Å². The van der Waals surface area contributed by atoms with Crippen molar-refractivity contribution >= 4 is 47.0 Å². The Balaban J connectivity index is 0.000000266. The number of allylic oxidation sites excluding steroid dienone is 8. The van der Waals surface area contributed by atoms with Gasteiger partial charge in [-0.25, -0.2) is 0 Å². The van der Waals surface area contributed by atoms with Gasteiger partial charge in [0.15, 0.2) is 36.0 Å². The van der Waals surface area contributed by atoms with Crippen molar-refractivity contribution < 1.29 is 107 Å². The number of esters is 4. The number of hydrogen-bond acceptors (Lipinski definition) is 26. The molecule has 4 unspecified atom stereocenters. The monoisotopic (exact) mass is 1330 g/mol. The number of carbonyl (C=O) groups is 8. The van der Waals surface area contributed by atoms with E-state index in [-0.39, 0.29) is 131 Å². The molecule has 94 heavy (non-hydrogen) atoms. The second-order valence-corrected chi connectivity index (χ2v) is 27.0. The summed E-state index contributed by atoms with van der Waals surface area (Å²) in [6.07, 6.45) is 16.2. The molecule has 0 aromatic carbocycles. The van der Waals surface area contributed by atoms with Crippen molar-refractivity contribution in [1.29, 1.82) is 0 Å². The predicted molar refractivity (Wildman–Crippen MR) is 322 cm³/mol. The first-order chi connectivity index (χ1) is 44.5. The summed E-state index contributed by atoms with van der Waals surface area (Å²) < 4.78 is 22.9. The first-order valence-electron chi connectivity index (χ1n) is 32.6. The molecule has 0 bridgehead atoms. The van der Waals surface area contributed by atoms with Crippen LogP contribution in [0.3, 0.4) is 0 Å². The molecule has 0 amide bonds. The van der Waals surface area contributed by atoms with E-state index in [9.17, 15) is 89.0 Å². The molecule has 0 aromatic heterocycles. The summed E-state index contributed by atoms with van der Waals surface area (Å²) in [6, 6.07) is 0. The Kier molecular flexibility index (Phi) is 24.8. The summed E-state index contributed by atoms with van der Waals surface area (Å²) in [6.45, 7) is 5.93. The molecule has 30 heteroatoms. The van der Waals surface area contributed by atoms with Crippen LogP contribution in [-0.2, 0) is 76.7 Å². The summed E-state index contributed by atoms with van der Waals surface area (Å²) in [4.78, 5) is 162. The normalized spacial score (nSPS) is 32.2. The highest BCUT2D eigenvalue weighted by Gasteiger charge is 2.72. The zero-order valence-corrected chi connectivity index (χ0v) is 53.8. The first kappa shape index (κ1) is 73.6. The molecular formula is C64H88N4O26. The SMILES string of the molecule is C[C@]12C=CC(=O)C=C1CCC1C3CC[C@](OC(=O)CCCCCO[N+](=O)[O-])(C(=O)COC(=O)CCCCCO[N+](=O)[O-])[C@@]3(C)C[C@H](O)[C@@H]12.C[C@]12C=CC(=O)C=C1CCC1C3CC[C@](OC(=O)CCCCCO[N+](=O)[O-])(C(=O)COC(=O)CCCO[N+](=O)[O-])[C@@]3(C)C[C@H](O)[C@@H]12. The number of Topliss-reactive ketones (excluding diaryl/α,β-unsaturated/α-hetero) is 2. The number of ketones is 4. The third kappa shape index (κ3) is 16.5. The first-order valence-corrected chi connectivity index (χ1v) is 32.6. The highest BCUT2D eigenvalue weighted by atomic mass is 17.0. The summed E-state index contributed by atoms with van der Waals surface area (Å²) >= 11 is 0. The van der Waals surface area contributed by atoms with Gasteiger partial charge < -0.3 is 48.5 Å². The molecular weight excluding hydrogens is 1240 g/mol. The average molecular weight is 1330 g/mol. The number of aliphatic hydroxyl groups excluding tert-OH is 2. The maximum Gasteiger partial charge on any atom is 0.306 e. The zero-order chi connectivity index (χ0) is 68.8. The van der Waals surface area contributed by atoms with Gasteiger partial charge in [-0.1, -0.05) is 70.3 Å². The lowest BCUT2D eigenvalue weighted by Crippen LogP contribution is -2.63. The molecule has 0 spiro atoms. The van der Waals surface area contributed by atoms with Crippen molar-refractivity contribution in [2.45, 2.75) is 205 Å². The summed E-state index contributed by atoms with van der Waals surface area (Å²) in [7, 11) is 0. The fraction of sp³-hybridized carbons (Fsp3) is 0.750. The molecule has 8 rings (SSSR count). The Hall–Kier alpha value is -7.76. The fourth-order valence-electron chi connectivity index (χ4n) is 17.6. The van der Waals surface area contributed by atoms with Crippen molar-refractivity contribution in [1.82, 2.24) is 0 Å². The number of rotatable bonds is 34. The second-order valence-electron chi connectivity index (χ2n) is 27.0. The van der Waals surface area contributed by atoms with E-state index in [1.165, 1.54) is 6.08 Å². The van der Waals surface area contributed by atoms with E-state index in [0.29, 0.717) is 96.3 Å². The van der Waals surface area contributed by atoms with Crippen molar-refractivity contribution in [3.63, 3.8) is 0 Å². The van der Waals surface area contributed by atoms with Gasteiger partial charge in [0.1, 0.15) is 0 Å². The van der Waals surface area contributed by atoms with Gasteiger partial charge >= 0.3 is 23.9 Å².